The summed E-state index contributed by atoms with van der Waals surface area (Å²) in [6, 6.07) is 3.78. The monoisotopic (exact) mass is 317 g/mol. The highest BCUT2D eigenvalue weighted by atomic mass is 32.2. The Labute approximate surface area is 122 Å². The molecule has 1 aromatic carbocycles. The third kappa shape index (κ3) is 5.11. The summed E-state index contributed by atoms with van der Waals surface area (Å²) in [5.41, 5.74) is -4.74. The molecule has 0 aromatic heterocycles. The van der Waals surface area contributed by atoms with E-state index in [0.717, 1.165) is 12.1 Å². The first-order chi connectivity index (χ1) is 9.80. The lowest BCUT2D eigenvalue weighted by molar-refractivity contribution is -0.142. The van der Waals surface area contributed by atoms with Crippen LogP contribution in [-0.4, -0.2) is 24.4 Å². The van der Waals surface area contributed by atoms with Crippen LogP contribution in [0.25, 0.3) is 0 Å². The van der Waals surface area contributed by atoms with Crippen LogP contribution in [0.15, 0.2) is 17.0 Å². The minimum atomic E-state index is -4.58. The summed E-state index contributed by atoms with van der Waals surface area (Å²) in [6.07, 6.45) is -0.0293. The van der Waals surface area contributed by atoms with Crippen molar-refractivity contribution in [2.75, 3.05) is 6.61 Å². The SMILES string of the molecule is CCOC(=O)Cc1cc(C=O)c(SC(F)(F)F)cc1C#N. The van der Waals surface area contributed by atoms with Crippen molar-refractivity contribution in [2.45, 2.75) is 23.7 Å². The third-order valence-electron chi connectivity index (χ3n) is 2.35. The quantitative estimate of drug-likeness (QED) is 0.474. The van der Waals surface area contributed by atoms with Crippen LogP contribution in [0.2, 0.25) is 0 Å². The van der Waals surface area contributed by atoms with E-state index in [-0.39, 0.29) is 40.9 Å². The van der Waals surface area contributed by atoms with Gasteiger partial charge in [0.25, 0.3) is 0 Å². The molecule has 0 bridgehead atoms. The van der Waals surface area contributed by atoms with E-state index < -0.39 is 23.2 Å². The van der Waals surface area contributed by atoms with E-state index in [1.807, 2.05) is 0 Å². The van der Waals surface area contributed by atoms with Gasteiger partial charge >= 0.3 is 11.5 Å². The fraction of sp³-hybridized carbons (Fsp3) is 0.308. The average molecular weight is 317 g/mol. The molecule has 0 spiro atoms. The number of rotatable bonds is 5. The summed E-state index contributed by atoms with van der Waals surface area (Å²) in [7, 11) is 0. The van der Waals surface area contributed by atoms with Gasteiger partial charge in [-0.25, -0.2) is 0 Å². The molecule has 1 rings (SSSR count). The van der Waals surface area contributed by atoms with E-state index >= 15 is 0 Å². The number of carbonyl (C=O) groups excluding carboxylic acids is 2. The Morgan fingerprint density at radius 2 is 2.14 bits per heavy atom. The smallest absolute Gasteiger partial charge is 0.446 e. The molecule has 0 aliphatic heterocycles. The second-order valence-electron chi connectivity index (χ2n) is 3.81. The van der Waals surface area contributed by atoms with Crippen LogP contribution in [0.1, 0.15) is 28.4 Å². The molecule has 0 saturated carbocycles. The topological polar surface area (TPSA) is 67.2 Å². The Morgan fingerprint density at radius 1 is 1.48 bits per heavy atom. The molecule has 0 atom stereocenters. The molecule has 0 amide bonds. The minimum Gasteiger partial charge on any atom is -0.466 e. The van der Waals surface area contributed by atoms with E-state index in [9.17, 15) is 22.8 Å². The second kappa shape index (κ2) is 7.13. The summed E-state index contributed by atoms with van der Waals surface area (Å²) >= 11 is -0.479. The number of benzene rings is 1. The number of alkyl halides is 3. The highest BCUT2D eigenvalue weighted by Crippen LogP contribution is 2.39. The van der Waals surface area contributed by atoms with Crippen molar-refractivity contribution in [3.05, 3.63) is 28.8 Å². The number of esters is 1. The van der Waals surface area contributed by atoms with Gasteiger partial charge in [-0.2, -0.15) is 18.4 Å². The zero-order valence-corrected chi connectivity index (χ0v) is 11.7. The summed E-state index contributed by atoms with van der Waals surface area (Å²) < 4.78 is 41.9. The number of hydrogen-bond donors (Lipinski definition) is 0. The molecule has 0 aliphatic rings. The zero-order chi connectivity index (χ0) is 16.0. The molecule has 21 heavy (non-hydrogen) atoms. The lowest BCUT2D eigenvalue weighted by Crippen LogP contribution is -2.10. The molecule has 0 fully saturated rings. The average Bonchev–Trinajstić information content (AvgIpc) is 2.38. The standard InChI is InChI=1S/C13H10F3NO3S/c1-2-20-12(19)5-8-3-10(7-18)11(4-9(8)6-17)21-13(14,15)16/h3-4,7H,2,5H2,1H3. The Morgan fingerprint density at radius 3 is 2.62 bits per heavy atom. The Hall–Kier alpha value is -2.01. The van der Waals surface area contributed by atoms with Crippen molar-refractivity contribution in [1.29, 1.82) is 5.26 Å². The van der Waals surface area contributed by atoms with E-state index in [1.54, 1.807) is 13.0 Å². The summed E-state index contributed by atoms with van der Waals surface area (Å²) in [5, 5.41) is 8.97. The first kappa shape index (κ1) is 17.0. The molecule has 0 N–H and O–H groups in total. The molecule has 0 heterocycles. The molecule has 0 unspecified atom stereocenters. The van der Waals surface area contributed by atoms with Gasteiger partial charge in [0.1, 0.15) is 0 Å². The van der Waals surface area contributed by atoms with E-state index in [1.165, 1.54) is 0 Å². The summed E-state index contributed by atoms with van der Waals surface area (Å²) in [5.74, 6) is -0.623. The fourth-order valence-electron chi connectivity index (χ4n) is 1.57. The largest absolute Gasteiger partial charge is 0.466 e. The van der Waals surface area contributed by atoms with E-state index in [4.69, 9.17) is 10.00 Å². The molecule has 1 aromatic rings. The van der Waals surface area contributed by atoms with E-state index in [0.29, 0.717) is 0 Å². The predicted octanol–water partition coefficient (Wildman–Crippen LogP) is 3.09. The van der Waals surface area contributed by atoms with Crippen LogP contribution in [0.3, 0.4) is 0 Å². The maximum Gasteiger partial charge on any atom is 0.446 e. The number of halogens is 3. The van der Waals surface area contributed by atoms with Gasteiger partial charge in [-0.3, -0.25) is 9.59 Å². The molecule has 112 valence electrons. The van der Waals surface area contributed by atoms with Crippen LogP contribution < -0.4 is 0 Å². The molecular weight excluding hydrogens is 307 g/mol. The van der Waals surface area contributed by atoms with Crippen molar-refractivity contribution in [3.8, 4) is 6.07 Å². The van der Waals surface area contributed by atoms with Gasteiger partial charge in [0.05, 0.1) is 24.7 Å². The van der Waals surface area contributed by atoms with Crippen LogP contribution in [-0.2, 0) is 16.0 Å². The van der Waals surface area contributed by atoms with Gasteiger partial charge in [0.2, 0.25) is 0 Å². The van der Waals surface area contributed by atoms with Crippen LogP contribution >= 0.6 is 11.8 Å². The number of hydrogen-bond acceptors (Lipinski definition) is 5. The molecule has 0 saturated heterocycles. The van der Waals surface area contributed by atoms with Gasteiger partial charge in [-0.15, -0.1) is 0 Å². The predicted molar refractivity (Wildman–Crippen MR) is 68.8 cm³/mol. The third-order valence-corrected chi connectivity index (χ3v) is 3.15. The van der Waals surface area contributed by atoms with Crippen LogP contribution in [0, 0.1) is 11.3 Å². The number of nitrogens with zero attached hydrogens (tertiary/aromatic N) is 1. The zero-order valence-electron chi connectivity index (χ0n) is 10.9. The maximum atomic E-state index is 12.4. The lowest BCUT2D eigenvalue weighted by Gasteiger charge is -2.11. The van der Waals surface area contributed by atoms with Crippen LogP contribution in [0.5, 0.6) is 0 Å². The van der Waals surface area contributed by atoms with Gasteiger partial charge in [-0.05, 0) is 36.4 Å². The Balaban J connectivity index is 3.20. The van der Waals surface area contributed by atoms with Crippen molar-refractivity contribution in [3.63, 3.8) is 0 Å². The Bertz CT molecular complexity index is 594. The summed E-state index contributed by atoms with van der Waals surface area (Å²) in [4.78, 5) is 21.9. The van der Waals surface area contributed by atoms with Gasteiger partial charge in [-0.1, -0.05) is 0 Å². The molecule has 4 nitrogen and oxygen atoms in total. The van der Waals surface area contributed by atoms with Crippen LogP contribution in [0.4, 0.5) is 13.2 Å². The fourth-order valence-corrected chi connectivity index (χ4v) is 2.22. The first-order valence-corrected chi connectivity index (χ1v) is 6.56. The highest BCUT2D eigenvalue weighted by molar-refractivity contribution is 8.00. The Kier molecular flexibility index (Phi) is 5.79. The number of nitriles is 1. The van der Waals surface area contributed by atoms with Crippen molar-refractivity contribution < 1.29 is 27.5 Å². The molecule has 0 radical (unpaired) electrons. The molecular formula is C13H10F3NO3S. The number of thioether (sulfide) groups is 1. The van der Waals surface area contributed by atoms with Crippen molar-refractivity contribution in [2.24, 2.45) is 0 Å². The molecule has 8 heteroatoms. The number of carbonyl (C=O) groups is 2. The number of ether oxygens (including phenoxy) is 1. The second-order valence-corrected chi connectivity index (χ2v) is 4.91. The maximum absolute atomic E-state index is 12.4. The van der Waals surface area contributed by atoms with Crippen molar-refractivity contribution >= 4 is 24.0 Å². The van der Waals surface area contributed by atoms with E-state index in [2.05, 4.69) is 0 Å². The van der Waals surface area contributed by atoms with Gasteiger partial charge < -0.3 is 4.74 Å². The molecule has 0 aliphatic carbocycles. The first-order valence-electron chi connectivity index (χ1n) is 5.74. The summed E-state index contributed by atoms with van der Waals surface area (Å²) in [6.45, 7) is 1.74. The lowest BCUT2D eigenvalue weighted by atomic mass is 10.0. The normalized spacial score (nSPS) is 10.8. The van der Waals surface area contributed by atoms with Crippen molar-refractivity contribution in [1.82, 2.24) is 0 Å². The highest BCUT2D eigenvalue weighted by Gasteiger charge is 2.31. The number of aldehydes is 1. The van der Waals surface area contributed by atoms with Gasteiger partial charge in [0, 0.05) is 10.5 Å². The van der Waals surface area contributed by atoms with Gasteiger partial charge in [0.15, 0.2) is 6.29 Å². The minimum absolute atomic E-state index is 0.0968.